The molecular formula is C16H13BrN4OS. The van der Waals surface area contributed by atoms with Crippen LogP contribution >= 0.6 is 27.3 Å². The second-order valence-electron chi connectivity index (χ2n) is 4.80. The maximum Gasteiger partial charge on any atom is 0.275 e. The van der Waals surface area contributed by atoms with Crippen LogP contribution in [0.2, 0.25) is 0 Å². The van der Waals surface area contributed by atoms with Gasteiger partial charge in [0.2, 0.25) is 0 Å². The van der Waals surface area contributed by atoms with Crippen LogP contribution in [0.4, 0.5) is 16.6 Å². The Kier molecular flexibility index (Phi) is 4.68. The number of pyridine rings is 1. The van der Waals surface area contributed by atoms with Gasteiger partial charge in [-0.15, -0.1) is 11.3 Å². The van der Waals surface area contributed by atoms with Crippen molar-refractivity contribution in [2.24, 2.45) is 0 Å². The molecule has 23 heavy (non-hydrogen) atoms. The highest BCUT2D eigenvalue weighted by Crippen LogP contribution is 2.22. The van der Waals surface area contributed by atoms with Gasteiger partial charge in [0.25, 0.3) is 5.91 Å². The predicted molar refractivity (Wildman–Crippen MR) is 96.5 cm³/mol. The van der Waals surface area contributed by atoms with Crippen molar-refractivity contribution in [2.75, 3.05) is 10.6 Å². The summed E-state index contributed by atoms with van der Waals surface area (Å²) in [5.74, 6) is 0.453. The molecule has 3 rings (SSSR count). The third-order valence-corrected chi connectivity index (χ3v) is 4.70. The number of rotatable bonds is 4. The zero-order chi connectivity index (χ0) is 16.2. The molecule has 0 unspecified atom stereocenters. The molecule has 7 heteroatoms. The molecule has 3 aromatic rings. The number of halogens is 1. The molecule has 0 aliphatic rings. The number of aryl methyl sites for hydroxylation is 1. The zero-order valence-electron chi connectivity index (χ0n) is 12.2. The highest BCUT2D eigenvalue weighted by molar-refractivity contribution is 9.10. The predicted octanol–water partition coefficient (Wildman–Crippen LogP) is 4.60. The van der Waals surface area contributed by atoms with Crippen molar-refractivity contribution in [1.82, 2.24) is 9.97 Å². The topological polar surface area (TPSA) is 66.9 Å². The molecule has 0 saturated carbocycles. The van der Waals surface area contributed by atoms with Crippen LogP contribution in [0.3, 0.4) is 0 Å². The Morgan fingerprint density at radius 2 is 2.13 bits per heavy atom. The van der Waals surface area contributed by atoms with Crippen molar-refractivity contribution < 1.29 is 4.79 Å². The number of hydrogen-bond donors (Lipinski definition) is 2. The molecule has 0 aliphatic heterocycles. The summed E-state index contributed by atoms with van der Waals surface area (Å²) in [6, 6.07) is 11.2. The van der Waals surface area contributed by atoms with Crippen LogP contribution in [0.25, 0.3) is 0 Å². The number of aromatic nitrogens is 2. The standard InChI is InChI=1S/C16H13BrN4OS/c1-10-8-11(5-6-12(10)17)19-15(22)13-9-23-16(20-13)21-14-4-2-3-7-18-14/h2-9H,1H3,(H,19,22)(H,18,20,21). The van der Waals surface area contributed by atoms with E-state index in [2.05, 4.69) is 36.5 Å². The third-order valence-electron chi connectivity index (χ3n) is 3.05. The Bertz CT molecular complexity index is 835. The first-order valence-electron chi connectivity index (χ1n) is 6.83. The second-order valence-corrected chi connectivity index (χ2v) is 6.51. The molecule has 0 atom stereocenters. The van der Waals surface area contributed by atoms with Gasteiger partial charge in [-0.3, -0.25) is 4.79 Å². The normalized spacial score (nSPS) is 10.3. The lowest BCUT2D eigenvalue weighted by molar-refractivity contribution is 0.102. The minimum Gasteiger partial charge on any atom is -0.321 e. The van der Waals surface area contributed by atoms with Gasteiger partial charge in [-0.05, 0) is 42.8 Å². The van der Waals surface area contributed by atoms with Gasteiger partial charge in [-0.25, -0.2) is 9.97 Å². The summed E-state index contributed by atoms with van der Waals surface area (Å²) in [7, 11) is 0. The molecule has 5 nitrogen and oxygen atoms in total. The highest BCUT2D eigenvalue weighted by atomic mass is 79.9. The molecule has 0 spiro atoms. The summed E-state index contributed by atoms with van der Waals surface area (Å²) >= 11 is 4.80. The Labute approximate surface area is 145 Å². The number of anilines is 3. The van der Waals surface area contributed by atoms with E-state index in [4.69, 9.17) is 0 Å². The first-order chi connectivity index (χ1) is 11.1. The van der Waals surface area contributed by atoms with Crippen molar-refractivity contribution in [1.29, 1.82) is 0 Å². The molecule has 0 radical (unpaired) electrons. The first kappa shape index (κ1) is 15.6. The summed E-state index contributed by atoms with van der Waals surface area (Å²) in [5.41, 5.74) is 2.16. The molecule has 2 aromatic heterocycles. The van der Waals surface area contributed by atoms with Gasteiger partial charge >= 0.3 is 0 Å². The van der Waals surface area contributed by atoms with E-state index in [1.54, 1.807) is 11.6 Å². The lowest BCUT2D eigenvalue weighted by Gasteiger charge is -2.05. The van der Waals surface area contributed by atoms with Crippen LogP contribution in [-0.4, -0.2) is 15.9 Å². The molecule has 0 aliphatic carbocycles. The molecule has 0 bridgehead atoms. The average molecular weight is 389 g/mol. The molecule has 1 amide bonds. The second kappa shape index (κ2) is 6.89. The fraction of sp³-hybridized carbons (Fsp3) is 0.0625. The van der Waals surface area contributed by atoms with E-state index in [-0.39, 0.29) is 5.91 Å². The van der Waals surface area contributed by atoms with E-state index < -0.39 is 0 Å². The maximum atomic E-state index is 12.3. The molecule has 0 fully saturated rings. The Morgan fingerprint density at radius 1 is 1.26 bits per heavy atom. The van der Waals surface area contributed by atoms with Gasteiger partial charge in [-0.2, -0.15) is 0 Å². The number of hydrogen-bond acceptors (Lipinski definition) is 5. The highest BCUT2D eigenvalue weighted by Gasteiger charge is 2.12. The van der Waals surface area contributed by atoms with E-state index in [0.29, 0.717) is 16.6 Å². The van der Waals surface area contributed by atoms with E-state index in [1.807, 2.05) is 43.3 Å². The van der Waals surface area contributed by atoms with Crippen LogP contribution in [0.5, 0.6) is 0 Å². The SMILES string of the molecule is Cc1cc(NC(=O)c2csc(Nc3ccccn3)n2)ccc1Br. The zero-order valence-corrected chi connectivity index (χ0v) is 14.6. The number of benzene rings is 1. The van der Waals surface area contributed by atoms with E-state index in [1.165, 1.54) is 11.3 Å². The molecule has 1 aromatic carbocycles. The number of carbonyl (C=O) groups excluding carboxylic acids is 1. The van der Waals surface area contributed by atoms with Crippen LogP contribution in [-0.2, 0) is 0 Å². The van der Waals surface area contributed by atoms with E-state index >= 15 is 0 Å². The quantitative estimate of drug-likeness (QED) is 0.684. The van der Waals surface area contributed by atoms with Gasteiger partial charge in [0.1, 0.15) is 11.5 Å². The Morgan fingerprint density at radius 3 is 2.87 bits per heavy atom. The minimum atomic E-state index is -0.239. The lowest BCUT2D eigenvalue weighted by atomic mass is 10.2. The fourth-order valence-electron chi connectivity index (χ4n) is 1.90. The number of amides is 1. The third kappa shape index (κ3) is 3.94. The van der Waals surface area contributed by atoms with Gasteiger partial charge < -0.3 is 10.6 Å². The van der Waals surface area contributed by atoms with Crippen molar-refractivity contribution >= 4 is 49.8 Å². The Balaban J connectivity index is 1.69. The first-order valence-corrected chi connectivity index (χ1v) is 8.50. The summed E-state index contributed by atoms with van der Waals surface area (Å²) in [4.78, 5) is 20.7. The van der Waals surface area contributed by atoms with Crippen LogP contribution in [0, 0.1) is 6.92 Å². The van der Waals surface area contributed by atoms with Gasteiger partial charge in [0.15, 0.2) is 5.13 Å². The van der Waals surface area contributed by atoms with Gasteiger partial charge in [0, 0.05) is 21.7 Å². The van der Waals surface area contributed by atoms with Crippen molar-refractivity contribution in [3.63, 3.8) is 0 Å². The molecular weight excluding hydrogens is 376 g/mol. The van der Waals surface area contributed by atoms with Crippen LogP contribution in [0.1, 0.15) is 16.1 Å². The summed E-state index contributed by atoms with van der Waals surface area (Å²) in [5, 5.41) is 8.25. The number of nitrogens with zero attached hydrogens (tertiary/aromatic N) is 2. The van der Waals surface area contributed by atoms with Gasteiger partial charge in [0.05, 0.1) is 0 Å². The fourth-order valence-corrected chi connectivity index (χ4v) is 2.84. The van der Waals surface area contributed by atoms with E-state index in [9.17, 15) is 4.79 Å². The molecule has 116 valence electrons. The van der Waals surface area contributed by atoms with Crippen molar-refractivity contribution in [2.45, 2.75) is 6.92 Å². The lowest BCUT2D eigenvalue weighted by Crippen LogP contribution is -2.12. The summed E-state index contributed by atoms with van der Waals surface area (Å²) in [6.07, 6.45) is 1.69. The smallest absolute Gasteiger partial charge is 0.275 e. The summed E-state index contributed by atoms with van der Waals surface area (Å²) < 4.78 is 1.01. The van der Waals surface area contributed by atoms with Crippen LogP contribution < -0.4 is 10.6 Å². The van der Waals surface area contributed by atoms with E-state index in [0.717, 1.165) is 15.7 Å². The number of nitrogens with one attached hydrogen (secondary N) is 2. The van der Waals surface area contributed by atoms with Crippen LogP contribution in [0.15, 0.2) is 52.4 Å². The largest absolute Gasteiger partial charge is 0.321 e. The number of carbonyl (C=O) groups is 1. The average Bonchev–Trinajstić information content (AvgIpc) is 3.00. The molecule has 2 N–H and O–H groups in total. The number of thiazole rings is 1. The Hall–Kier alpha value is -2.25. The molecule has 2 heterocycles. The maximum absolute atomic E-state index is 12.3. The monoisotopic (exact) mass is 388 g/mol. The van der Waals surface area contributed by atoms with Crippen molar-refractivity contribution in [3.8, 4) is 0 Å². The molecule has 0 saturated heterocycles. The minimum absolute atomic E-state index is 0.239. The van der Waals surface area contributed by atoms with Gasteiger partial charge in [-0.1, -0.05) is 22.0 Å². The van der Waals surface area contributed by atoms with Crippen molar-refractivity contribution in [3.05, 3.63) is 63.7 Å². The summed E-state index contributed by atoms with van der Waals surface area (Å²) in [6.45, 7) is 1.97.